The van der Waals surface area contributed by atoms with Gasteiger partial charge in [0.15, 0.2) is 5.69 Å². The first-order chi connectivity index (χ1) is 23.2. The number of nitrogens with zero attached hydrogens (tertiary/aromatic N) is 5. The van der Waals surface area contributed by atoms with E-state index in [2.05, 4.69) is 33.2 Å². The summed E-state index contributed by atoms with van der Waals surface area (Å²) >= 11 is 0. The summed E-state index contributed by atoms with van der Waals surface area (Å²) in [5, 5.41) is 3.83. The second-order valence-corrected chi connectivity index (χ2v) is 12.2. The topological polar surface area (TPSA) is 97.3 Å². The molecule has 4 heterocycles. The fourth-order valence-electron chi connectivity index (χ4n) is 6.92. The van der Waals surface area contributed by atoms with Crippen molar-refractivity contribution in [1.82, 2.24) is 19.7 Å². The number of halogens is 3. The van der Waals surface area contributed by atoms with Crippen LogP contribution in [-0.4, -0.2) is 50.6 Å². The number of rotatable bonds is 8. The predicted molar refractivity (Wildman–Crippen MR) is 176 cm³/mol. The van der Waals surface area contributed by atoms with Crippen molar-refractivity contribution in [1.29, 1.82) is 0 Å². The molecule has 0 radical (unpaired) electrons. The Labute approximate surface area is 275 Å². The molecule has 3 aromatic carbocycles. The summed E-state index contributed by atoms with van der Waals surface area (Å²) in [5.41, 5.74) is 9.25. The van der Waals surface area contributed by atoms with Gasteiger partial charge in [-0.3, -0.25) is 19.5 Å². The highest BCUT2D eigenvalue weighted by atomic mass is 19.4. The van der Waals surface area contributed by atoms with Crippen molar-refractivity contribution in [2.24, 2.45) is 5.73 Å². The van der Waals surface area contributed by atoms with E-state index in [1.807, 2.05) is 48.7 Å². The third kappa shape index (κ3) is 6.09. The lowest BCUT2D eigenvalue weighted by molar-refractivity contribution is -0.141. The van der Waals surface area contributed by atoms with Crippen molar-refractivity contribution in [3.8, 4) is 16.8 Å². The molecule has 11 heteroatoms. The molecule has 7 rings (SSSR count). The lowest BCUT2D eigenvalue weighted by Crippen LogP contribution is -2.39. The monoisotopic (exact) mass is 650 g/mol. The minimum atomic E-state index is -4.76. The van der Waals surface area contributed by atoms with E-state index in [1.54, 1.807) is 6.20 Å². The molecule has 0 saturated carbocycles. The number of likely N-dealkylation sites (tertiary alicyclic amines) is 1. The van der Waals surface area contributed by atoms with E-state index in [1.165, 1.54) is 40.3 Å². The highest BCUT2D eigenvalue weighted by Gasteiger charge is 2.43. The van der Waals surface area contributed by atoms with E-state index >= 15 is 0 Å². The van der Waals surface area contributed by atoms with Crippen LogP contribution in [0.3, 0.4) is 0 Å². The maximum atomic E-state index is 14.1. The molecule has 1 saturated heterocycles. The number of hydrogen-bond acceptors (Lipinski definition) is 5. The van der Waals surface area contributed by atoms with Crippen LogP contribution < -0.4 is 10.6 Å². The lowest BCUT2D eigenvalue weighted by Gasteiger charge is -2.28. The SMILES string of the molecule is NC(=O)c1cccc(-n2nc(C(F)(F)F)c3c2C(=O)N(c2ccc(-c4ccccc4CN4CCCC4Cc4cccnc4)cc2)CC3)c1. The lowest BCUT2D eigenvalue weighted by atomic mass is 9.97. The molecule has 2 aromatic heterocycles. The zero-order valence-corrected chi connectivity index (χ0v) is 26.0. The number of carbonyl (C=O) groups excluding carboxylic acids is 2. The second kappa shape index (κ2) is 12.7. The van der Waals surface area contributed by atoms with Gasteiger partial charge in [0, 0.05) is 48.3 Å². The Kier molecular flexibility index (Phi) is 8.30. The van der Waals surface area contributed by atoms with Crippen molar-refractivity contribution in [3.05, 3.63) is 131 Å². The molecule has 244 valence electrons. The van der Waals surface area contributed by atoms with Gasteiger partial charge in [0.1, 0.15) is 5.69 Å². The molecule has 1 atom stereocenters. The molecule has 5 aromatic rings. The van der Waals surface area contributed by atoms with Gasteiger partial charge in [-0.25, -0.2) is 4.68 Å². The zero-order chi connectivity index (χ0) is 33.4. The number of primary amides is 1. The molecule has 0 bridgehead atoms. The molecule has 1 unspecified atom stereocenters. The van der Waals surface area contributed by atoms with Gasteiger partial charge in [-0.05, 0) is 90.9 Å². The first kappa shape index (κ1) is 31.3. The van der Waals surface area contributed by atoms with Gasteiger partial charge in [-0.15, -0.1) is 0 Å². The van der Waals surface area contributed by atoms with Gasteiger partial charge in [0.25, 0.3) is 5.91 Å². The van der Waals surface area contributed by atoms with Crippen LogP contribution in [0.4, 0.5) is 18.9 Å². The summed E-state index contributed by atoms with van der Waals surface area (Å²) in [7, 11) is 0. The molecule has 0 spiro atoms. The maximum absolute atomic E-state index is 14.1. The van der Waals surface area contributed by atoms with Gasteiger partial charge in [0.2, 0.25) is 5.91 Å². The normalized spacial score (nSPS) is 16.7. The third-order valence-corrected chi connectivity index (χ3v) is 9.23. The van der Waals surface area contributed by atoms with Gasteiger partial charge in [-0.2, -0.15) is 18.3 Å². The molecule has 2 aliphatic heterocycles. The summed E-state index contributed by atoms with van der Waals surface area (Å²) in [6, 6.07) is 26.1. The Hall–Kier alpha value is -5.29. The highest BCUT2D eigenvalue weighted by Crippen LogP contribution is 2.38. The first-order valence-electron chi connectivity index (χ1n) is 15.9. The zero-order valence-electron chi connectivity index (χ0n) is 26.0. The number of carbonyl (C=O) groups is 2. The van der Waals surface area contributed by atoms with Crippen LogP contribution in [0.25, 0.3) is 16.8 Å². The van der Waals surface area contributed by atoms with Crippen molar-refractivity contribution in [2.75, 3.05) is 18.0 Å². The number of hydrogen-bond donors (Lipinski definition) is 1. The summed E-state index contributed by atoms with van der Waals surface area (Å²) in [6.07, 6.45) is 2.17. The molecule has 8 nitrogen and oxygen atoms in total. The smallest absolute Gasteiger partial charge is 0.366 e. The number of benzene rings is 3. The van der Waals surface area contributed by atoms with Crippen molar-refractivity contribution in [3.63, 3.8) is 0 Å². The quantitative estimate of drug-likeness (QED) is 0.208. The van der Waals surface area contributed by atoms with E-state index in [4.69, 9.17) is 5.73 Å². The van der Waals surface area contributed by atoms with Gasteiger partial charge >= 0.3 is 6.18 Å². The van der Waals surface area contributed by atoms with Crippen LogP contribution in [0.2, 0.25) is 0 Å². The standard InChI is InChI=1S/C37H33F3N6O2/c38-37(39,40)34-32-16-19-45(36(48)33(32)46(43-34)30-9-3-8-26(21-30)35(41)47)28-14-12-25(13-15-28)31-11-2-1-7-27(31)23-44-18-5-10-29(44)20-24-6-4-17-42-22-24/h1-4,6-9,11-15,17,21-22,29H,5,10,16,18-20,23H2,(H2,41,47). The second-order valence-electron chi connectivity index (χ2n) is 12.2. The molecule has 48 heavy (non-hydrogen) atoms. The summed E-state index contributed by atoms with van der Waals surface area (Å²) in [5.74, 6) is -1.35. The van der Waals surface area contributed by atoms with Gasteiger partial charge < -0.3 is 10.6 Å². The Morgan fingerprint density at radius 3 is 2.50 bits per heavy atom. The molecular weight excluding hydrogens is 617 g/mol. The number of nitrogens with two attached hydrogens (primary N) is 1. The molecule has 2 amide bonds. The minimum absolute atomic E-state index is 0.0357. The van der Waals surface area contributed by atoms with Crippen LogP contribution >= 0.6 is 0 Å². The van der Waals surface area contributed by atoms with Crippen molar-refractivity contribution >= 4 is 17.5 Å². The Balaban J connectivity index is 1.15. The molecule has 2 aliphatic rings. The maximum Gasteiger partial charge on any atom is 0.435 e. The minimum Gasteiger partial charge on any atom is -0.366 e. The summed E-state index contributed by atoms with van der Waals surface area (Å²) in [4.78, 5) is 34.0. The Morgan fingerprint density at radius 1 is 0.938 bits per heavy atom. The van der Waals surface area contributed by atoms with Crippen LogP contribution in [-0.2, 0) is 25.6 Å². The average Bonchev–Trinajstić information content (AvgIpc) is 3.71. The number of amides is 2. The number of fused-ring (bicyclic) bond motifs is 1. The predicted octanol–water partition coefficient (Wildman–Crippen LogP) is 6.46. The van der Waals surface area contributed by atoms with Gasteiger partial charge in [-0.1, -0.05) is 48.5 Å². The third-order valence-electron chi connectivity index (χ3n) is 9.23. The Morgan fingerprint density at radius 2 is 1.75 bits per heavy atom. The number of alkyl halides is 3. The van der Waals surface area contributed by atoms with E-state index in [0.29, 0.717) is 11.7 Å². The number of aromatic nitrogens is 3. The first-order valence-corrected chi connectivity index (χ1v) is 15.9. The largest absolute Gasteiger partial charge is 0.435 e. The summed E-state index contributed by atoms with van der Waals surface area (Å²) in [6.45, 7) is 1.89. The van der Waals surface area contributed by atoms with Crippen LogP contribution in [0.1, 0.15) is 56.1 Å². The highest BCUT2D eigenvalue weighted by molar-refractivity contribution is 6.07. The van der Waals surface area contributed by atoms with E-state index in [0.717, 1.165) is 48.2 Å². The average molecular weight is 651 g/mol. The Bertz CT molecular complexity index is 1970. The van der Waals surface area contributed by atoms with E-state index in [9.17, 15) is 22.8 Å². The van der Waals surface area contributed by atoms with Gasteiger partial charge in [0.05, 0.1) is 5.69 Å². The van der Waals surface area contributed by atoms with Crippen molar-refractivity contribution in [2.45, 2.75) is 44.4 Å². The number of anilines is 1. The van der Waals surface area contributed by atoms with Crippen LogP contribution in [0, 0.1) is 0 Å². The molecule has 2 N–H and O–H groups in total. The molecular formula is C37H33F3N6O2. The molecule has 0 aliphatic carbocycles. The summed E-state index contributed by atoms with van der Waals surface area (Å²) < 4.78 is 43.2. The van der Waals surface area contributed by atoms with Crippen LogP contribution in [0.5, 0.6) is 0 Å². The fourth-order valence-corrected chi connectivity index (χ4v) is 6.92. The number of pyridine rings is 1. The van der Waals surface area contributed by atoms with E-state index < -0.39 is 23.7 Å². The fraction of sp³-hybridized carbons (Fsp3) is 0.243. The van der Waals surface area contributed by atoms with Crippen molar-refractivity contribution < 1.29 is 22.8 Å². The van der Waals surface area contributed by atoms with E-state index in [-0.39, 0.29) is 35.5 Å². The molecule has 1 fully saturated rings. The van der Waals surface area contributed by atoms with Crippen LogP contribution in [0.15, 0.2) is 97.3 Å².